The molecule has 0 bridgehead atoms. The van der Waals surface area contributed by atoms with Crippen molar-refractivity contribution >= 4 is 11.8 Å². The molecule has 1 unspecified atom stereocenters. The molecule has 1 aliphatic carbocycles. The van der Waals surface area contributed by atoms with E-state index >= 15 is 0 Å². The van der Waals surface area contributed by atoms with Crippen molar-refractivity contribution < 1.29 is 9.59 Å². The monoisotopic (exact) mass is 239 g/mol. The SMILES string of the molecule is CC1CC(CN)(C(=O)N2CCNC(=O)C2C)C1. The van der Waals surface area contributed by atoms with Crippen LogP contribution in [0.3, 0.4) is 0 Å². The van der Waals surface area contributed by atoms with Gasteiger partial charge < -0.3 is 16.0 Å². The van der Waals surface area contributed by atoms with Crippen molar-refractivity contribution in [1.29, 1.82) is 0 Å². The second kappa shape index (κ2) is 4.29. The van der Waals surface area contributed by atoms with Gasteiger partial charge in [0, 0.05) is 19.6 Å². The summed E-state index contributed by atoms with van der Waals surface area (Å²) in [6.45, 7) is 5.44. The zero-order valence-electron chi connectivity index (χ0n) is 10.5. The molecule has 5 heteroatoms. The van der Waals surface area contributed by atoms with Crippen LogP contribution in [0.2, 0.25) is 0 Å². The van der Waals surface area contributed by atoms with Gasteiger partial charge in [-0.15, -0.1) is 0 Å². The number of amides is 2. The van der Waals surface area contributed by atoms with Gasteiger partial charge in [0.1, 0.15) is 6.04 Å². The highest BCUT2D eigenvalue weighted by Crippen LogP contribution is 2.46. The first kappa shape index (κ1) is 12.4. The fraction of sp³-hybridized carbons (Fsp3) is 0.833. The van der Waals surface area contributed by atoms with E-state index < -0.39 is 5.41 Å². The molecule has 96 valence electrons. The van der Waals surface area contributed by atoms with Crippen molar-refractivity contribution in [3.63, 3.8) is 0 Å². The largest absolute Gasteiger partial charge is 0.353 e. The minimum Gasteiger partial charge on any atom is -0.353 e. The van der Waals surface area contributed by atoms with Gasteiger partial charge in [-0.1, -0.05) is 6.92 Å². The Balaban J connectivity index is 2.11. The highest BCUT2D eigenvalue weighted by molar-refractivity contribution is 5.91. The van der Waals surface area contributed by atoms with Crippen LogP contribution in [-0.4, -0.2) is 42.4 Å². The molecule has 1 saturated carbocycles. The number of nitrogens with two attached hydrogens (primary N) is 1. The molecule has 0 radical (unpaired) electrons. The van der Waals surface area contributed by atoms with Gasteiger partial charge in [0.05, 0.1) is 5.41 Å². The van der Waals surface area contributed by atoms with Gasteiger partial charge in [0.15, 0.2) is 0 Å². The normalized spacial score (nSPS) is 37.4. The van der Waals surface area contributed by atoms with E-state index in [1.807, 2.05) is 0 Å². The van der Waals surface area contributed by atoms with E-state index in [2.05, 4.69) is 12.2 Å². The van der Waals surface area contributed by atoms with Gasteiger partial charge in [-0.25, -0.2) is 0 Å². The van der Waals surface area contributed by atoms with Gasteiger partial charge in [-0.3, -0.25) is 9.59 Å². The number of carbonyl (C=O) groups excluding carboxylic acids is 2. The van der Waals surface area contributed by atoms with E-state index in [1.54, 1.807) is 11.8 Å². The molecule has 17 heavy (non-hydrogen) atoms. The summed E-state index contributed by atoms with van der Waals surface area (Å²) in [4.78, 5) is 25.8. The average molecular weight is 239 g/mol. The fourth-order valence-electron chi connectivity index (χ4n) is 3.07. The van der Waals surface area contributed by atoms with Crippen LogP contribution in [0, 0.1) is 11.3 Å². The second-order valence-corrected chi connectivity index (χ2v) is 5.46. The Morgan fingerprint density at radius 1 is 1.53 bits per heavy atom. The number of hydrogen-bond acceptors (Lipinski definition) is 3. The quantitative estimate of drug-likeness (QED) is 0.695. The Hall–Kier alpha value is -1.10. The Morgan fingerprint density at radius 3 is 2.71 bits per heavy atom. The number of nitrogens with one attached hydrogen (secondary N) is 1. The summed E-state index contributed by atoms with van der Waals surface area (Å²) in [7, 11) is 0. The Morgan fingerprint density at radius 2 is 2.18 bits per heavy atom. The van der Waals surface area contributed by atoms with Gasteiger partial charge in [0.25, 0.3) is 0 Å². The number of piperazine rings is 1. The molecule has 0 aromatic carbocycles. The maximum Gasteiger partial charge on any atom is 0.242 e. The van der Waals surface area contributed by atoms with E-state index in [4.69, 9.17) is 5.73 Å². The Bertz CT molecular complexity index is 337. The molecular weight excluding hydrogens is 218 g/mol. The molecule has 1 aliphatic heterocycles. The van der Waals surface area contributed by atoms with E-state index in [9.17, 15) is 9.59 Å². The number of nitrogens with zero attached hydrogens (tertiary/aromatic N) is 1. The van der Waals surface area contributed by atoms with Crippen LogP contribution >= 0.6 is 0 Å². The Kier molecular flexibility index (Phi) is 3.12. The molecule has 0 aromatic heterocycles. The maximum atomic E-state index is 12.5. The lowest BCUT2D eigenvalue weighted by Crippen LogP contribution is -2.62. The number of rotatable bonds is 2. The van der Waals surface area contributed by atoms with Crippen molar-refractivity contribution in [1.82, 2.24) is 10.2 Å². The van der Waals surface area contributed by atoms with Gasteiger partial charge in [-0.2, -0.15) is 0 Å². The van der Waals surface area contributed by atoms with Crippen LogP contribution in [0.15, 0.2) is 0 Å². The van der Waals surface area contributed by atoms with Gasteiger partial charge in [-0.05, 0) is 25.7 Å². The third-order valence-corrected chi connectivity index (χ3v) is 4.08. The van der Waals surface area contributed by atoms with E-state index in [0.717, 1.165) is 12.8 Å². The van der Waals surface area contributed by atoms with E-state index in [-0.39, 0.29) is 17.9 Å². The molecule has 2 fully saturated rings. The first-order chi connectivity index (χ1) is 8.00. The summed E-state index contributed by atoms with van der Waals surface area (Å²) in [6.07, 6.45) is 1.71. The minimum atomic E-state index is -0.398. The number of carbonyl (C=O) groups is 2. The molecule has 0 spiro atoms. The van der Waals surface area contributed by atoms with Crippen LogP contribution in [0.5, 0.6) is 0 Å². The highest BCUT2D eigenvalue weighted by atomic mass is 16.2. The zero-order valence-corrected chi connectivity index (χ0v) is 10.5. The van der Waals surface area contributed by atoms with Crippen molar-refractivity contribution in [3.05, 3.63) is 0 Å². The van der Waals surface area contributed by atoms with Crippen molar-refractivity contribution in [2.24, 2.45) is 17.1 Å². The summed E-state index contributed by atoms with van der Waals surface area (Å²) in [5.41, 5.74) is 5.37. The fourth-order valence-corrected chi connectivity index (χ4v) is 3.07. The van der Waals surface area contributed by atoms with Crippen LogP contribution in [-0.2, 0) is 9.59 Å². The summed E-state index contributed by atoms with van der Waals surface area (Å²) >= 11 is 0. The van der Waals surface area contributed by atoms with Crippen LogP contribution < -0.4 is 11.1 Å². The summed E-state index contributed by atoms with van der Waals surface area (Å²) in [6, 6.07) is -0.365. The highest BCUT2D eigenvalue weighted by Gasteiger charge is 2.50. The minimum absolute atomic E-state index is 0.0656. The lowest BCUT2D eigenvalue weighted by molar-refractivity contribution is -0.156. The third kappa shape index (κ3) is 1.92. The molecule has 5 nitrogen and oxygen atoms in total. The number of hydrogen-bond donors (Lipinski definition) is 2. The lowest BCUT2D eigenvalue weighted by atomic mass is 9.61. The van der Waals surface area contributed by atoms with Gasteiger partial charge >= 0.3 is 0 Å². The molecule has 2 rings (SSSR count). The molecule has 2 aliphatic rings. The second-order valence-electron chi connectivity index (χ2n) is 5.46. The molecule has 1 saturated heterocycles. The summed E-state index contributed by atoms with van der Waals surface area (Å²) in [5, 5.41) is 2.77. The summed E-state index contributed by atoms with van der Waals surface area (Å²) < 4.78 is 0. The third-order valence-electron chi connectivity index (χ3n) is 4.08. The first-order valence-corrected chi connectivity index (χ1v) is 6.29. The van der Waals surface area contributed by atoms with Crippen LogP contribution in [0.25, 0.3) is 0 Å². The lowest BCUT2D eigenvalue weighted by Gasteiger charge is -2.48. The maximum absolute atomic E-state index is 12.5. The molecule has 0 aromatic rings. The molecule has 1 heterocycles. The smallest absolute Gasteiger partial charge is 0.242 e. The molecule has 3 N–H and O–H groups in total. The van der Waals surface area contributed by atoms with Crippen LogP contribution in [0.1, 0.15) is 26.7 Å². The zero-order chi connectivity index (χ0) is 12.6. The Labute approximate surface area is 102 Å². The molecule has 2 amide bonds. The van der Waals surface area contributed by atoms with E-state index in [1.165, 1.54) is 0 Å². The van der Waals surface area contributed by atoms with Gasteiger partial charge in [0.2, 0.25) is 11.8 Å². The predicted molar refractivity (Wildman–Crippen MR) is 64.1 cm³/mol. The first-order valence-electron chi connectivity index (χ1n) is 6.29. The van der Waals surface area contributed by atoms with Crippen molar-refractivity contribution in [3.8, 4) is 0 Å². The topological polar surface area (TPSA) is 75.4 Å². The average Bonchev–Trinajstić information content (AvgIpc) is 2.27. The van der Waals surface area contributed by atoms with Crippen LogP contribution in [0.4, 0.5) is 0 Å². The van der Waals surface area contributed by atoms with Crippen molar-refractivity contribution in [2.75, 3.05) is 19.6 Å². The molecule has 1 atom stereocenters. The summed E-state index contributed by atoms with van der Waals surface area (Å²) in [5.74, 6) is 0.570. The standard InChI is InChI=1S/C12H21N3O2/c1-8-5-12(6-8,7-13)11(17)15-4-3-14-10(16)9(15)2/h8-9H,3-7,13H2,1-2H3,(H,14,16). The predicted octanol–water partition coefficient (Wildman–Crippen LogP) is -0.292. The van der Waals surface area contributed by atoms with Crippen molar-refractivity contribution in [2.45, 2.75) is 32.7 Å². The van der Waals surface area contributed by atoms with E-state index in [0.29, 0.717) is 25.6 Å². The molecular formula is C12H21N3O2.